The van der Waals surface area contributed by atoms with Crippen molar-refractivity contribution in [3.05, 3.63) is 59.0 Å². The van der Waals surface area contributed by atoms with Crippen LogP contribution in [0.25, 0.3) is 0 Å². The Bertz CT molecular complexity index is 881. The molecule has 7 heteroatoms. The highest BCUT2D eigenvalue weighted by Gasteiger charge is 2.21. The summed E-state index contributed by atoms with van der Waals surface area (Å²) in [6, 6.07) is 12.8. The van der Waals surface area contributed by atoms with E-state index in [1.165, 1.54) is 12.1 Å². The Hall–Kier alpha value is -3.14. The van der Waals surface area contributed by atoms with Gasteiger partial charge in [0.25, 0.3) is 0 Å². The second-order valence-corrected chi connectivity index (χ2v) is 6.89. The van der Waals surface area contributed by atoms with Crippen molar-refractivity contribution in [2.45, 2.75) is 32.4 Å². The predicted octanol–water partition coefficient (Wildman–Crippen LogP) is 2.73. The molecule has 146 valence electrons. The zero-order valence-electron chi connectivity index (χ0n) is 16.2. The van der Waals surface area contributed by atoms with Gasteiger partial charge in [-0.1, -0.05) is 6.07 Å². The number of nitrogens with zero attached hydrogens (tertiary/aromatic N) is 4. The molecule has 28 heavy (non-hydrogen) atoms. The standard InChI is InChI=1S/C21H25FN6/c1-15-4-3-5-20(26-15)28-10-8-18(9-11-28)27-21(24-2)25-14-17-12-16(13-23)6-7-19(17)22/h3-7,12,18H,8-11,14H2,1-2H3,(H2,24,25,27). The highest BCUT2D eigenvalue weighted by Crippen LogP contribution is 2.18. The Morgan fingerprint density at radius 2 is 2.11 bits per heavy atom. The Morgan fingerprint density at radius 1 is 1.32 bits per heavy atom. The van der Waals surface area contributed by atoms with Crippen molar-refractivity contribution in [3.8, 4) is 6.07 Å². The van der Waals surface area contributed by atoms with Crippen molar-refractivity contribution in [1.82, 2.24) is 15.6 Å². The maximum Gasteiger partial charge on any atom is 0.191 e. The van der Waals surface area contributed by atoms with Gasteiger partial charge in [-0.3, -0.25) is 4.99 Å². The molecule has 0 spiro atoms. The van der Waals surface area contributed by atoms with Crippen LogP contribution in [0.5, 0.6) is 0 Å². The van der Waals surface area contributed by atoms with Gasteiger partial charge in [-0.05, 0) is 50.1 Å². The number of halogens is 1. The maximum atomic E-state index is 13.9. The van der Waals surface area contributed by atoms with Crippen molar-refractivity contribution in [2.24, 2.45) is 4.99 Å². The number of aromatic nitrogens is 1. The van der Waals surface area contributed by atoms with Crippen molar-refractivity contribution in [3.63, 3.8) is 0 Å². The van der Waals surface area contributed by atoms with Gasteiger partial charge in [0.1, 0.15) is 11.6 Å². The minimum atomic E-state index is -0.332. The number of aryl methyl sites for hydroxylation is 1. The third-order valence-electron chi connectivity index (χ3n) is 4.88. The number of anilines is 1. The van der Waals surface area contributed by atoms with Crippen LogP contribution in [0.4, 0.5) is 10.2 Å². The molecule has 0 bridgehead atoms. The maximum absolute atomic E-state index is 13.9. The number of aliphatic imine (C=N–C) groups is 1. The lowest BCUT2D eigenvalue weighted by Gasteiger charge is -2.34. The molecule has 6 nitrogen and oxygen atoms in total. The van der Waals surface area contributed by atoms with Gasteiger partial charge >= 0.3 is 0 Å². The molecule has 1 aliphatic rings. The summed E-state index contributed by atoms with van der Waals surface area (Å²) in [7, 11) is 1.70. The van der Waals surface area contributed by atoms with Crippen molar-refractivity contribution in [1.29, 1.82) is 5.26 Å². The van der Waals surface area contributed by atoms with E-state index in [9.17, 15) is 4.39 Å². The fourth-order valence-corrected chi connectivity index (χ4v) is 3.30. The number of pyridine rings is 1. The van der Waals surface area contributed by atoms with E-state index in [0.29, 0.717) is 23.1 Å². The minimum absolute atomic E-state index is 0.271. The quantitative estimate of drug-likeness (QED) is 0.630. The minimum Gasteiger partial charge on any atom is -0.356 e. The van der Waals surface area contributed by atoms with Crippen LogP contribution < -0.4 is 15.5 Å². The van der Waals surface area contributed by atoms with Crippen molar-refractivity contribution >= 4 is 11.8 Å². The number of piperidine rings is 1. The lowest BCUT2D eigenvalue weighted by molar-refractivity contribution is 0.459. The van der Waals surface area contributed by atoms with Crippen LogP contribution in [0.3, 0.4) is 0 Å². The summed E-state index contributed by atoms with van der Waals surface area (Å²) in [4.78, 5) is 11.1. The summed E-state index contributed by atoms with van der Waals surface area (Å²) in [5.74, 6) is 1.32. The van der Waals surface area contributed by atoms with Gasteiger partial charge in [0, 0.05) is 44.0 Å². The first kappa shape index (κ1) is 19.6. The number of benzene rings is 1. The average molecular weight is 380 g/mol. The summed E-state index contributed by atoms with van der Waals surface area (Å²) in [5.41, 5.74) is 1.91. The van der Waals surface area contributed by atoms with Crippen LogP contribution in [0, 0.1) is 24.1 Å². The van der Waals surface area contributed by atoms with E-state index in [2.05, 4.69) is 25.5 Å². The predicted molar refractivity (Wildman–Crippen MR) is 109 cm³/mol. The molecular formula is C21H25FN6. The molecule has 3 rings (SSSR count). The van der Waals surface area contributed by atoms with Gasteiger partial charge < -0.3 is 15.5 Å². The molecule has 0 unspecified atom stereocenters. The molecule has 1 aromatic carbocycles. The number of hydrogen-bond acceptors (Lipinski definition) is 4. The zero-order chi connectivity index (χ0) is 19.9. The summed E-state index contributed by atoms with van der Waals surface area (Å²) in [6.07, 6.45) is 1.93. The second-order valence-electron chi connectivity index (χ2n) is 6.89. The first-order valence-corrected chi connectivity index (χ1v) is 9.43. The molecule has 0 amide bonds. The third-order valence-corrected chi connectivity index (χ3v) is 4.88. The van der Waals surface area contributed by atoms with Gasteiger partial charge in [-0.15, -0.1) is 0 Å². The van der Waals surface area contributed by atoms with E-state index in [-0.39, 0.29) is 12.4 Å². The second kappa shape index (κ2) is 9.18. The first-order chi connectivity index (χ1) is 13.6. The van der Waals surface area contributed by atoms with Gasteiger partial charge in [0.2, 0.25) is 0 Å². The molecule has 1 aromatic heterocycles. The summed E-state index contributed by atoms with van der Waals surface area (Å²) < 4.78 is 13.9. The fourth-order valence-electron chi connectivity index (χ4n) is 3.30. The molecule has 1 aliphatic heterocycles. The van der Waals surface area contributed by atoms with Gasteiger partial charge in [0.15, 0.2) is 5.96 Å². The van der Waals surface area contributed by atoms with Crippen molar-refractivity contribution in [2.75, 3.05) is 25.0 Å². The molecule has 1 fully saturated rings. The Balaban J connectivity index is 1.52. The molecule has 2 aromatic rings. The number of rotatable bonds is 4. The molecule has 0 radical (unpaired) electrons. The fraction of sp³-hybridized carbons (Fsp3) is 0.381. The van der Waals surface area contributed by atoms with Crippen LogP contribution in [-0.2, 0) is 6.54 Å². The van der Waals surface area contributed by atoms with E-state index in [1.807, 2.05) is 31.2 Å². The first-order valence-electron chi connectivity index (χ1n) is 9.43. The van der Waals surface area contributed by atoms with Crippen LogP contribution in [-0.4, -0.2) is 37.1 Å². The molecule has 1 saturated heterocycles. The summed E-state index contributed by atoms with van der Waals surface area (Å²) >= 11 is 0. The highest BCUT2D eigenvalue weighted by molar-refractivity contribution is 5.80. The summed E-state index contributed by atoms with van der Waals surface area (Å²) in [6.45, 7) is 4.11. The number of guanidine groups is 1. The normalized spacial score (nSPS) is 15.2. The monoisotopic (exact) mass is 380 g/mol. The largest absolute Gasteiger partial charge is 0.356 e. The third kappa shape index (κ3) is 4.97. The Morgan fingerprint density at radius 3 is 2.79 bits per heavy atom. The molecule has 0 aliphatic carbocycles. The SMILES string of the molecule is CN=C(NCc1cc(C#N)ccc1F)NC1CCN(c2cccc(C)n2)CC1. The molecule has 0 saturated carbocycles. The van der Waals surface area contributed by atoms with Crippen LogP contribution in [0.2, 0.25) is 0 Å². The zero-order valence-corrected chi connectivity index (χ0v) is 16.2. The molecule has 0 atom stereocenters. The average Bonchev–Trinajstić information content (AvgIpc) is 2.72. The number of hydrogen-bond donors (Lipinski definition) is 2. The van der Waals surface area contributed by atoms with Gasteiger partial charge in [0.05, 0.1) is 11.6 Å². The van der Waals surface area contributed by atoms with E-state index >= 15 is 0 Å². The topological polar surface area (TPSA) is 76.3 Å². The Labute approximate surface area is 165 Å². The molecule has 2 N–H and O–H groups in total. The van der Waals surface area contributed by atoms with Crippen LogP contribution >= 0.6 is 0 Å². The molecule has 2 heterocycles. The van der Waals surface area contributed by atoms with E-state index in [4.69, 9.17) is 5.26 Å². The number of nitriles is 1. The van der Waals surface area contributed by atoms with Crippen LogP contribution in [0.15, 0.2) is 41.4 Å². The lowest BCUT2D eigenvalue weighted by atomic mass is 10.1. The van der Waals surface area contributed by atoms with Gasteiger partial charge in [-0.25, -0.2) is 9.37 Å². The van der Waals surface area contributed by atoms with Crippen molar-refractivity contribution < 1.29 is 4.39 Å². The molecular weight excluding hydrogens is 355 g/mol. The van der Waals surface area contributed by atoms with Gasteiger partial charge in [-0.2, -0.15) is 5.26 Å². The number of nitrogens with one attached hydrogen (secondary N) is 2. The Kier molecular flexibility index (Phi) is 6.43. The van der Waals surface area contributed by atoms with E-state index in [0.717, 1.165) is 37.4 Å². The lowest BCUT2D eigenvalue weighted by Crippen LogP contribution is -2.48. The van der Waals surface area contributed by atoms with E-state index < -0.39 is 0 Å². The highest BCUT2D eigenvalue weighted by atomic mass is 19.1. The van der Waals surface area contributed by atoms with Crippen LogP contribution in [0.1, 0.15) is 29.7 Å². The van der Waals surface area contributed by atoms with E-state index in [1.54, 1.807) is 13.1 Å². The smallest absolute Gasteiger partial charge is 0.191 e. The summed E-state index contributed by atoms with van der Waals surface area (Å²) in [5, 5.41) is 15.5.